The van der Waals surface area contributed by atoms with Crippen molar-refractivity contribution in [2.24, 2.45) is 5.73 Å². The number of nitrogens with zero attached hydrogens (tertiary/aromatic N) is 6. The number of nitrogens with two attached hydrogens (primary N) is 1. The van der Waals surface area contributed by atoms with Crippen LogP contribution in [0.5, 0.6) is 0 Å². The molecule has 9 nitrogen and oxygen atoms in total. The maximum atomic E-state index is 13.6. The lowest BCUT2D eigenvalue weighted by atomic mass is 10.1. The summed E-state index contributed by atoms with van der Waals surface area (Å²) in [6, 6.07) is 12.3. The van der Waals surface area contributed by atoms with E-state index in [9.17, 15) is 4.79 Å². The molecule has 1 saturated heterocycles. The zero-order valence-corrected chi connectivity index (χ0v) is 19.5. The molecule has 4 heterocycles. The molecule has 3 aromatic heterocycles. The molecule has 9 heteroatoms. The highest BCUT2D eigenvalue weighted by atomic mass is 16.1. The molecule has 0 spiro atoms. The van der Waals surface area contributed by atoms with E-state index in [0.717, 1.165) is 47.1 Å². The van der Waals surface area contributed by atoms with Gasteiger partial charge in [0.15, 0.2) is 0 Å². The van der Waals surface area contributed by atoms with Crippen LogP contribution in [0, 0.1) is 11.8 Å². The average Bonchev–Trinajstić information content (AvgIpc) is 3.46. The highest BCUT2D eigenvalue weighted by Gasteiger charge is 2.24. The highest BCUT2D eigenvalue weighted by Crippen LogP contribution is 2.25. The molecular formula is C26H26N8O. The summed E-state index contributed by atoms with van der Waals surface area (Å²) in [5.74, 6) is 7.42. The van der Waals surface area contributed by atoms with Crippen molar-refractivity contribution in [3.8, 4) is 11.8 Å². The number of piperidine rings is 1. The standard InChI is InChI=1S/C26H26N8O/c1-2-3-13-33-24-21(30-26(33)32-12-6-8-18(27)15-32)14-28-34(25(24)35)16-22-29-20-11-10-17-7-4-5-9-19(17)23(20)31-22/h4-5,7,9-11,14,18H,6,8,12-13,15-16,27H2,1H3,(H,29,31). The topological polar surface area (TPSA) is 111 Å². The lowest BCUT2D eigenvalue weighted by Crippen LogP contribution is -2.44. The van der Waals surface area contributed by atoms with Crippen molar-refractivity contribution in [2.75, 3.05) is 18.0 Å². The summed E-state index contributed by atoms with van der Waals surface area (Å²) >= 11 is 0. The highest BCUT2D eigenvalue weighted by molar-refractivity contribution is 6.04. The van der Waals surface area contributed by atoms with Gasteiger partial charge in [-0.25, -0.2) is 14.6 Å². The molecule has 0 bridgehead atoms. The average molecular weight is 467 g/mol. The molecule has 6 rings (SSSR count). The molecule has 1 unspecified atom stereocenters. The van der Waals surface area contributed by atoms with Crippen LogP contribution in [-0.4, -0.2) is 48.4 Å². The van der Waals surface area contributed by atoms with Crippen LogP contribution < -0.4 is 16.2 Å². The minimum Gasteiger partial charge on any atom is -0.341 e. The number of fused-ring (bicyclic) bond motifs is 4. The molecule has 0 aliphatic carbocycles. The van der Waals surface area contributed by atoms with Gasteiger partial charge in [-0.2, -0.15) is 5.10 Å². The summed E-state index contributed by atoms with van der Waals surface area (Å²) in [6.07, 6.45) is 3.64. The van der Waals surface area contributed by atoms with Crippen LogP contribution in [0.2, 0.25) is 0 Å². The van der Waals surface area contributed by atoms with Crippen LogP contribution in [0.4, 0.5) is 5.95 Å². The zero-order chi connectivity index (χ0) is 23.9. The van der Waals surface area contributed by atoms with E-state index in [0.29, 0.717) is 29.9 Å². The van der Waals surface area contributed by atoms with E-state index in [1.165, 1.54) is 4.68 Å². The zero-order valence-electron chi connectivity index (χ0n) is 19.5. The molecule has 0 saturated carbocycles. The monoisotopic (exact) mass is 466 g/mol. The van der Waals surface area contributed by atoms with Crippen molar-refractivity contribution >= 4 is 38.8 Å². The Hall–Kier alpha value is -4.16. The molecule has 1 aliphatic heterocycles. The molecule has 176 valence electrons. The van der Waals surface area contributed by atoms with Gasteiger partial charge in [0.1, 0.15) is 23.4 Å². The fourth-order valence-electron chi connectivity index (χ4n) is 4.94. The van der Waals surface area contributed by atoms with Crippen LogP contribution in [0.3, 0.4) is 0 Å². The Kier molecular flexibility index (Phi) is 5.23. The first-order valence-corrected chi connectivity index (χ1v) is 11.8. The van der Waals surface area contributed by atoms with Gasteiger partial charge in [-0.15, -0.1) is 5.92 Å². The van der Waals surface area contributed by atoms with E-state index < -0.39 is 0 Å². The summed E-state index contributed by atoms with van der Waals surface area (Å²) in [5.41, 5.74) is 8.88. The fraction of sp³-hybridized carbons (Fsp3) is 0.308. The van der Waals surface area contributed by atoms with Crippen molar-refractivity contribution in [1.29, 1.82) is 0 Å². The summed E-state index contributed by atoms with van der Waals surface area (Å²) < 4.78 is 3.34. The SMILES string of the molecule is CC#CCn1c(N2CCCC(N)C2)nc2cnn(Cc3nc4c(ccc5ccccc54)[nH]3)c(=O)c21. The van der Waals surface area contributed by atoms with Crippen LogP contribution in [-0.2, 0) is 13.1 Å². The normalized spacial score (nSPS) is 16.2. The van der Waals surface area contributed by atoms with Crippen LogP contribution in [0.15, 0.2) is 47.4 Å². The second-order valence-corrected chi connectivity index (χ2v) is 8.98. The van der Waals surface area contributed by atoms with E-state index in [1.54, 1.807) is 13.1 Å². The van der Waals surface area contributed by atoms with Crippen molar-refractivity contribution in [1.82, 2.24) is 29.3 Å². The van der Waals surface area contributed by atoms with Gasteiger partial charge in [-0.3, -0.25) is 9.36 Å². The van der Waals surface area contributed by atoms with E-state index >= 15 is 0 Å². The van der Waals surface area contributed by atoms with Gasteiger partial charge in [-0.05, 0) is 31.2 Å². The summed E-state index contributed by atoms with van der Waals surface area (Å²) in [5, 5.41) is 6.62. The number of nitrogens with one attached hydrogen (secondary N) is 1. The van der Waals surface area contributed by atoms with E-state index in [1.807, 2.05) is 22.8 Å². The number of rotatable bonds is 4. The maximum Gasteiger partial charge on any atom is 0.293 e. The van der Waals surface area contributed by atoms with E-state index in [2.05, 4.69) is 45.0 Å². The molecule has 1 atom stereocenters. The summed E-state index contributed by atoms with van der Waals surface area (Å²) in [7, 11) is 0. The summed E-state index contributed by atoms with van der Waals surface area (Å²) in [6.45, 7) is 3.96. The van der Waals surface area contributed by atoms with E-state index in [-0.39, 0.29) is 18.1 Å². The number of anilines is 1. The third-order valence-corrected chi connectivity index (χ3v) is 6.61. The van der Waals surface area contributed by atoms with Crippen LogP contribution in [0.1, 0.15) is 25.6 Å². The Morgan fingerprint density at radius 2 is 2.09 bits per heavy atom. The maximum absolute atomic E-state index is 13.6. The van der Waals surface area contributed by atoms with Crippen molar-refractivity contribution in [3.05, 3.63) is 58.8 Å². The number of hydrogen-bond acceptors (Lipinski definition) is 6. The predicted octanol–water partition coefficient (Wildman–Crippen LogP) is 2.62. The number of H-pyrrole nitrogens is 1. The van der Waals surface area contributed by atoms with Crippen LogP contribution in [0.25, 0.3) is 32.8 Å². The molecule has 2 aromatic carbocycles. The molecule has 0 amide bonds. The first-order chi connectivity index (χ1) is 17.1. The molecule has 5 aromatic rings. The third-order valence-electron chi connectivity index (χ3n) is 6.61. The minimum atomic E-state index is -0.217. The van der Waals surface area contributed by atoms with E-state index in [4.69, 9.17) is 15.7 Å². The smallest absolute Gasteiger partial charge is 0.293 e. The van der Waals surface area contributed by atoms with Gasteiger partial charge in [0, 0.05) is 24.5 Å². The van der Waals surface area contributed by atoms with Crippen molar-refractivity contribution in [3.63, 3.8) is 0 Å². The van der Waals surface area contributed by atoms with Crippen molar-refractivity contribution in [2.45, 2.75) is 38.9 Å². The Morgan fingerprint density at radius 3 is 2.94 bits per heavy atom. The molecule has 1 aliphatic rings. The van der Waals surface area contributed by atoms with Crippen LogP contribution >= 0.6 is 0 Å². The number of benzene rings is 2. The lowest BCUT2D eigenvalue weighted by Gasteiger charge is -2.31. The largest absolute Gasteiger partial charge is 0.341 e. The number of hydrogen-bond donors (Lipinski definition) is 2. The molecule has 3 N–H and O–H groups in total. The molecule has 35 heavy (non-hydrogen) atoms. The molecule has 1 fully saturated rings. The van der Waals surface area contributed by atoms with Gasteiger partial charge in [0.05, 0.1) is 23.8 Å². The lowest BCUT2D eigenvalue weighted by molar-refractivity contribution is 0.496. The predicted molar refractivity (Wildman–Crippen MR) is 137 cm³/mol. The Bertz CT molecular complexity index is 1680. The summed E-state index contributed by atoms with van der Waals surface area (Å²) in [4.78, 5) is 28.7. The van der Waals surface area contributed by atoms with Gasteiger partial charge in [0.2, 0.25) is 5.95 Å². The molecule has 0 radical (unpaired) electrons. The quantitative estimate of drug-likeness (QED) is 0.394. The Balaban J connectivity index is 1.43. The minimum absolute atomic E-state index is 0.0909. The van der Waals surface area contributed by atoms with Crippen molar-refractivity contribution < 1.29 is 0 Å². The Morgan fingerprint density at radius 1 is 1.20 bits per heavy atom. The number of imidazole rings is 2. The van der Waals surface area contributed by atoms with Gasteiger partial charge < -0.3 is 15.6 Å². The first-order valence-electron chi connectivity index (χ1n) is 11.8. The Labute approximate surface area is 201 Å². The van der Waals surface area contributed by atoms with Gasteiger partial charge in [0.25, 0.3) is 5.56 Å². The number of aromatic nitrogens is 6. The third kappa shape index (κ3) is 3.72. The molecular weight excluding hydrogens is 440 g/mol. The second kappa shape index (κ2) is 8.56. The number of aromatic amines is 1. The fourth-order valence-corrected chi connectivity index (χ4v) is 4.94. The first kappa shape index (κ1) is 21.4. The van der Waals surface area contributed by atoms with Gasteiger partial charge in [-0.1, -0.05) is 36.3 Å². The second-order valence-electron chi connectivity index (χ2n) is 8.98. The van der Waals surface area contributed by atoms with Gasteiger partial charge >= 0.3 is 0 Å².